The lowest BCUT2D eigenvalue weighted by atomic mass is 9.91. The number of hydrogen-bond acceptors (Lipinski definition) is 4. The molecule has 0 heterocycles. The Labute approximate surface area is 152 Å². The zero-order valence-corrected chi connectivity index (χ0v) is 14.3. The Bertz CT molecular complexity index is 783. The monoisotopic (exact) mass is 384 g/mol. The van der Waals surface area contributed by atoms with Gasteiger partial charge >= 0.3 is 12.3 Å². The molecule has 0 radical (unpaired) electrons. The van der Waals surface area contributed by atoms with Gasteiger partial charge in [-0.05, 0) is 55.3 Å². The summed E-state index contributed by atoms with van der Waals surface area (Å²) in [5, 5.41) is 0. The van der Waals surface area contributed by atoms with Crippen molar-refractivity contribution in [3.63, 3.8) is 0 Å². The van der Waals surface area contributed by atoms with Crippen molar-refractivity contribution >= 4 is 11.8 Å². The molecule has 0 aromatic heterocycles. The molecule has 1 unspecified atom stereocenters. The van der Waals surface area contributed by atoms with E-state index in [2.05, 4.69) is 4.74 Å². The number of ketones is 1. The molecule has 4 nitrogen and oxygen atoms in total. The van der Waals surface area contributed by atoms with Crippen molar-refractivity contribution < 1.29 is 36.6 Å². The van der Waals surface area contributed by atoms with E-state index in [-0.39, 0.29) is 18.6 Å². The normalized spacial score (nSPS) is 12.3. The Morgan fingerprint density at radius 2 is 1.59 bits per heavy atom. The molecule has 144 valence electrons. The smallest absolute Gasteiger partial charge is 0.465 e. The second-order valence-corrected chi connectivity index (χ2v) is 5.57. The summed E-state index contributed by atoms with van der Waals surface area (Å²) in [6, 6.07) is 9.53. The Morgan fingerprint density at radius 1 is 1.00 bits per heavy atom. The summed E-state index contributed by atoms with van der Waals surface area (Å²) in [6.45, 7) is 1.64. The zero-order chi connectivity index (χ0) is 20.0. The first-order valence-electron chi connectivity index (χ1n) is 8.00. The minimum absolute atomic E-state index is 0.0599. The first-order chi connectivity index (χ1) is 12.7. The Morgan fingerprint density at radius 3 is 2.11 bits per heavy atom. The van der Waals surface area contributed by atoms with E-state index in [1.807, 2.05) is 0 Å². The van der Waals surface area contributed by atoms with Gasteiger partial charge in [0.1, 0.15) is 17.5 Å². The Kier molecular flexibility index (Phi) is 6.55. The van der Waals surface area contributed by atoms with E-state index in [0.717, 1.165) is 24.3 Å². The van der Waals surface area contributed by atoms with Gasteiger partial charge in [0, 0.05) is 5.56 Å². The van der Waals surface area contributed by atoms with Gasteiger partial charge in [-0.1, -0.05) is 12.1 Å². The summed E-state index contributed by atoms with van der Waals surface area (Å²) in [6.07, 6.45) is -4.89. The van der Waals surface area contributed by atoms with Crippen LogP contribution in [-0.4, -0.2) is 24.7 Å². The Balaban J connectivity index is 2.20. The van der Waals surface area contributed by atoms with Gasteiger partial charge < -0.3 is 9.47 Å². The van der Waals surface area contributed by atoms with Crippen LogP contribution in [0.25, 0.3) is 0 Å². The molecule has 0 saturated heterocycles. The van der Waals surface area contributed by atoms with Crippen LogP contribution in [0.4, 0.5) is 17.6 Å². The van der Waals surface area contributed by atoms with Gasteiger partial charge in [0.2, 0.25) is 0 Å². The van der Waals surface area contributed by atoms with Crippen molar-refractivity contribution in [1.82, 2.24) is 0 Å². The predicted molar refractivity (Wildman–Crippen MR) is 87.7 cm³/mol. The van der Waals surface area contributed by atoms with E-state index < -0.39 is 35.6 Å². The van der Waals surface area contributed by atoms with Crippen molar-refractivity contribution in [1.29, 1.82) is 0 Å². The van der Waals surface area contributed by atoms with Gasteiger partial charge in [-0.2, -0.15) is 0 Å². The van der Waals surface area contributed by atoms with Crippen LogP contribution in [0.1, 0.15) is 22.8 Å². The van der Waals surface area contributed by atoms with Crippen LogP contribution in [0.5, 0.6) is 5.75 Å². The second-order valence-electron chi connectivity index (χ2n) is 5.57. The predicted octanol–water partition coefficient (Wildman–Crippen LogP) is 4.33. The van der Waals surface area contributed by atoms with Crippen molar-refractivity contribution in [3.05, 3.63) is 65.5 Å². The van der Waals surface area contributed by atoms with E-state index in [9.17, 15) is 27.2 Å². The number of carbonyl (C=O) groups excluding carboxylic acids is 2. The maximum absolute atomic E-state index is 13.0. The number of Topliss-reactive ketones (excluding diaryl/α,β-unsaturated/α-hetero) is 1. The fourth-order valence-electron chi connectivity index (χ4n) is 2.40. The summed E-state index contributed by atoms with van der Waals surface area (Å²) < 4.78 is 58.4. The minimum atomic E-state index is -4.81. The quantitative estimate of drug-likeness (QED) is 0.309. The van der Waals surface area contributed by atoms with E-state index in [1.165, 1.54) is 24.3 Å². The van der Waals surface area contributed by atoms with Crippen molar-refractivity contribution in [2.75, 3.05) is 6.61 Å². The van der Waals surface area contributed by atoms with Gasteiger partial charge in [-0.3, -0.25) is 9.59 Å². The van der Waals surface area contributed by atoms with E-state index in [1.54, 1.807) is 6.92 Å². The van der Waals surface area contributed by atoms with Crippen LogP contribution in [-0.2, 0) is 16.0 Å². The largest absolute Gasteiger partial charge is 0.573 e. The molecule has 0 amide bonds. The number of esters is 1. The Hall–Kier alpha value is -2.90. The fraction of sp³-hybridized carbons (Fsp3) is 0.263. The highest BCUT2D eigenvalue weighted by molar-refractivity contribution is 6.08. The first kappa shape index (κ1) is 20.4. The summed E-state index contributed by atoms with van der Waals surface area (Å²) in [5.74, 6) is -3.47. The molecule has 8 heteroatoms. The van der Waals surface area contributed by atoms with Gasteiger partial charge in [0.05, 0.1) is 6.61 Å². The van der Waals surface area contributed by atoms with Crippen molar-refractivity contribution in [3.8, 4) is 5.75 Å². The molecule has 0 bridgehead atoms. The third-order valence-electron chi connectivity index (χ3n) is 3.61. The molecule has 0 N–H and O–H groups in total. The van der Waals surface area contributed by atoms with E-state index in [0.29, 0.717) is 5.56 Å². The second kappa shape index (κ2) is 8.66. The molecule has 27 heavy (non-hydrogen) atoms. The number of rotatable bonds is 7. The SMILES string of the molecule is CCOC(=O)C(Cc1ccc(OC(F)(F)F)cc1)C(=O)c1ccc(F)cc1. The number of alkyl halides is 3. The molecule has 1 atom stereocenters. The maximum Gasteiger partial charge on any atom is 0.573 e. The molecular formula is C19H16F4O4. The molecule has 0 spiro atoms. The summed E-state index contributed by atoms with van der Waals surface area (Å²) >= 11 is 0. The zero-order valence-electron chi connectivity index (χ0n) is 14.3. The summed E-state index contributed by atoms with van der Waals surface area (Å²) in [5.41, 5.74) is 0.574. The molecule has 2 aromatic rings. The number of ether oxygens (including phenoxy) is 2. The minimum Gasteiger partial charge on any atom is -0.465 e. The van der Waals surface area contributed by atoms with Crippen LogP contribution in [0.3, 0.4) is 0 Å². The lowest BCUT2D eigenvalue weighted by molar-refractivity contribution is -0.274. The van der Waals surface area contributed by atoms with Gasteiger partial charge in [0.15, 0.2) is 5.78 Å². The van der Waals surface area contributed by atoms with Crippen LogP contribution in [0.15, 0.2) is 48.5 Å². The van der Waals surface area contributed by atoms with Gasteiger partial charge in [-0.25, -0.2) is 4.39 Å². The molecule has 0 fully saturated rings. The van der Waals surface area contributed by atoms with E-state index in [4.69, 9.17) is 4.74 Å². The number of benzene rings is 2. The standard InChI is InChI=1S/C19H16F4O4/c1-2-26-18(25)16(17(24)13-5-7-14(20)8-6-13)11-12-3-9-15(10-4-12)27-19(21,22)23/h3-10,16H,2,11H2,1H3. The molecule has 2 rings (SSSR count). The highest BCUT2D eigenvalue weighted by Gasteiger charge is 2.32. The molecule has 0 aliphatic carbocycles. The number of halogens is 4. The fourth-order valence-corrected chi connectivity index (χ4v) is 2.40. The lowest BCUT2D eigenvalue weighted by Crippen LogP contribution is -2.28. The number of hydrogen-bond donors (Lipinski definition) is 0. The van der Waals surface area contributed by atoms with Crippen molar-refractivity contribution in [2.45, 2.75) is 19.7 Å². The average molecular weight is 384 g/mol. The molecular weight excluding hydrogens is 368 g/mol. The summed E-state index contributed by atoms with van der Waals surface area (Å²) in [4.78, 5) is 24.8. The highest BCUT2D eigenvalue weighted by Crippen LogP contribution is 2.24. The first-order valence-corrected chi connectivity index (χ1v) is 8.00. The van der Waals surface area contributed by atoms with Crippen molar-refractivity contribution in [2.24, 2.45) is 5.92 Å². The number of carbonyl (C=O) groups is 2. The van der Waals surface area contributed by atoms with Crippen LogP contribution in [0, 0.1) is 11.7 Å². The van der Waals surface area contributed by atoms with Crippen LogP contribution in [0.2, 0.25) is 0 Å². The average Bonchev–Trinajstić information content (AvgIpc) is 2.60. The van der Waals surface area contributed by atoms with Gasteiger partial charge in [0.25, 0.3) is 0 Å². The third-order valence-corrected chi connectivity index (χ3v) is 3.61. The molecule has 0 saturated carbocycles. The molecule has 0 aliphatic rings. The van der Waals surface area contributed by atoms with Gasteiger partial charge in [-0.15, -0.1) is 13.2 Å². The van der Waals surface area contributed by atoms with Crippen LogP contribution < -0.4 is 4.74 Å². The maximum atomic E-state index is 13.0. The lowest BCUT2D eigenvalue weighted by Gasteiger charge is -2.15. The molecule has 0 aliphatic heterocycles. The summed E-state index contributed by atoms with van der Waals surface area (Å²) in [7, 11) is 0. The van der Waals surface area contributed by atoms with Crippen LogP contribution >= 0.6 is 0 Å². The highest BCUT2D eigenvalue weighted by atomic mass is 19.4. The van der Waals surface area contributed by atoms with E-state index >= 15 is 0 Å². The third kappa shape index (κ3) is 6.09. The molecule has 2 aromatic carbocycles. The topological polar surface area (TPSA) is 52.6 Å².